The Labute approximate surface area is 113 Å². The van der Waals surface area contributed by atoms with Gasteiger partial charge in [0.1, 0.15) is 10.8 Å². The van der Waals surface area contributed by atoms with Gasteiger partial charge in [0.25, 0.3) is 0 Å². The summed E-state index contributed by atoms with van der Waals surface area (Å²) in [6.45, 7) is 4.75. The number of ether oxygens (including phenoxy) is 1. The van der Waals surface area contributed by atoms with Gasteiger partial charge in [-0.25, -0.2) is 4.98 Å². The molecule has 0 spiro atoms. The third-order valence-corrected chi connectivity index (χ3v) is 3.37. The van der Waals surface area contributed by atoms with E-state index in [9.17, 15) is 0 Å². The van der Waals surface area contributed by atoms with E-state index in [4.69, 9.17) is 22.7 Å². The van der Waals surface area contributed by atoms with Crippen LogP contribution in [0.2, 0.25) is 0 Å². The molecule has 2 heterocycles. The summed E-state index contributed by atoms with van der Waals surface area (Å²) in [5.41, 5.74) is 6.37. The van der Waals surface area contributed by atoms with Gasteiger partial charge in [0.2, 0.25) is 0 Å². The minimum atomic E-state index is 0.320. The number of hydrogen-bond donors (Lipinski definition) is 1. The number of pyridine rings is 1. The van der Waals surface area contributed by atoms with Gasteiger partial charge in [0.05, 0.1) is 6.10 Å². The van der Waals surface area contributed by atoms with E-state index in [2.05, 4.69) is 9.88 Å². The molecular formula is C13H19N3OS. The highest BCUT2D eigenvalue weighted by Crippen LogP contribution is 2.19. The SMILES string of the molecule is CCOC1CCCN(c2ccc(C(N)=S)cn2)C1. The van der Waals surface area contributed by atoms with Gasteiger partial charge in [-0.15, -0.1) is 0 Å². The summed E-state index contributed by atoms with van der Waals surface area (Å²) in [5, 5.41) is 0. The highest BCUT2D eigenvalue weighted by Gasteiger charge is 2.20. The molecule has 5 heteroatoms. The summed E-state index contributed by atoms with van der Waals surface area (Å²) in [6, 6.07) is 3.90. The highest BCUT2D eigenvalue weighted by molar-refractivity contribution is 7.80. The Balaban J connectivity index is 2.04. The van der Waals surface area contributed by atoms with Crippen LogP contribution in [0.5, 0.6) is 0 Å². The van der Waals surface area contributed by atoms with Crippen molar-refractivity contribution >= 4 is 23.0 Å². The third kappa shape index (κ3) is 3.17. The van der Waals surface area contributed by atoms with Gasteiger partial charge in [-0.2, -0.15) is 0 Å². The molecule has 4 nitrogen and oxygen atoms in total. The summed E-state index contributed by atoms with van der Waals surface area (Å²) in [7, 11) is 0. The minimum Gasteiger partial charge on any atom is -0.389 e. The van der Waals surface area contributed by atoms with E-state index in [-0.39, 0.29) is 0 Å². The fourth-order valence-electron chi connectivity index (χ4n) is 2.24. The van der Waals surface area contributed by atoms with Crippen LogP contribution in [0.15, 0.2) is 18.3 Å². The van der Waals surface area contributed by atoms with Crippen molar-refractivity contribution in [1.82, 2.24) is 4.98 Å². The van der Waals surface area contributed by atoms with E-state index in [1.54, 1.807) is 6.20 Å². The average molecular weight is 265 g/mol. The van der Waals surface area contributed by atoms with E-state index >= 15 is 0 Å². The molecule has 0 bridgehead atoms. The van der Waals surface area contributed by atoms with Crippen LogP contribution in [0.4, 0.5) is 5.82 Å². The molecule has 0 radical (unpaired) electrons. The molecule has 1 fully saturated rings. The Morgan fingerprint density at radius 2 is 2.44 bits per heavy atom. The topological polar surface area (TPSA) is 51.4 Å². The molecule has 98 valence electrons. The van der Waals surface area contributed by atoms with E-state index in [0.29, 0.717) is 11.1 Å². The number of thiocarbonyl (C=S) groups is 1. The lowest BCUT2D eigenvalue weighted by Gasteiger charge is -2.33. The fourth-order valence-corrected chi connectivity index (χ4v) is 2.36. The maximum atomic E-state index is 5.69. The van der Waals surface area contributed by atoms with Gasteiger partial charge >= 0.3 is 0 Å². The zero-order valence-corrected chi connectivity index (χ0v) is 11.4. The average Bonchev–Trinajstić information content (AvgIpc) is 2.39. The van der Waals surface area contributed by atoms with Crippen molar-refractivity contribution in [3.8, 4) is 0 Å². The monoisotopic (exact) mass is 265 g/mol. The van der Waals surface area contributed by atoms with Crippen LogP contribution in [0.1, 0.15) is 25.3 Å². The maximum Gasteiger partial charge on any atom is 0.128 e. The lowest BCUT2D eigenvalue weighted by atomic mass is 10.1. The second kappa shape index (κ2) is 6.11. The van der Waals surface area contributed by atoms with Gasteiger partial charge < -0.3 is 15.4 Å². The van der Waals surface area contributed by atoms with Crippen molar-refractivity contribution in [3.05, 3.63) is 23.9 Å². The van der Waals surface area contributed by atoms with Crippen LogP contribution in [0, 0.1) is 0 Å². The van der Waals surface area contributed by atoms with Crippen molar-refractivity contribution in [2.45, 2.75) is 25.9 Å². The number of rotatable bonds is 4. The minimum absolute atomic E-state index is 0.320. The smallest absolute Gasteiger partial charge is 0.128 e. The van der Waals surface area contributed by atoms with Crippen molar-refractivity contribution in [2.24, 2.45) is 5.73 Å². The molecule has 18 heavy (non-hydrogen) atoms. The lowest BCUT2D eigenvalue weighted by Crippen LogP contribution is -2.40. The van der Waals surface area contributed by atoms with Crippen molar-refractivity contribution in [2.75, 3.05) is 24.6 Å². The van der Waals surface area contributed by atoms with Crippen LogP contribution in [-0.2, 0) is 4.74 Å². The summed E-state index contributed by atoms with van der Waals surface area (Å²) in [4.78, 5) is 7.07. The van der Waals surface area contributed by atoms with Crippen LogP contribution in [0.25, 0.3) is 0 Å². The van der Waals surface area contributed by atoms with Gasteiger partial charge in [-0.3, -0.25) is 0 Å². The summed E-state index contributed by atoms with van der Waals surface area (Å²) in [6.07, 6.45) is 4.33. The van der Waals surface area contributed by atoms with E-state index in [1.807, 2.05) is 19.1 Å². The first-order valence-corrected chi connectivity index (χ1v) is 6.74. The molecule has 1 saturated heterocycles. The van der Waals surface area contributed by atoms with Crippen LogP contribution < -0.4 is 10.6 Å². The fraction of sp³-hybridized carbons (Fsp3) is 0.538. The quantitative estimate of drug-likeness (QED) is 0.840. The number of hydrogen-bond acceptors (Lipinski definition) is 4. The molecule has 2 rings (SSSR count). The Hall–Kier alpha value is -1.20. The predicted molar refractivity (Wildman–Crippen MR) is 77.0 cm³/mol. The number of nitrogens with two attached hydrogens (primary N) is 1. The Morgan fingerprint density at radius 3 is 3.06 bits per heavy atom. The van der Waals surface area contributed by atoms with Crippen LogP contribution in [-0.4, -0.2) is 35.8 Å². The van der Waals surface area contributed by atoms with Crippen molar-refractivity contribution in [3.63, 3.8) is 0 Å². The Bertz CT molecular complexity index is 405. The first kappa shape index (κ1) is 13.2. The molecule has 2 N–H and O–H groups in total. The lowest BCUT2D eigenvalue weighted by molar-refractivity contribution is 0.0525. The van der Waals surface area contributed by atoms with E-state index in [1.165, 1.54) is 0 Å². The standard InChI is InChI=1S/C13H19N3OS/c1-2-17-11-4-3-7-16(9-11)12-6-5-10(8-15-12)13(14)18/h5-6,8,11H,2-4,7,9H2,1H3,(H2,14,18). The molecule has 1 aliphatic rings. The predicted octanol–water partition coefficient (Wildman–Crippen LogP) is 1.72. The highest BCUT2D eigenvalue weighted by atomic mass is 32.1. The van der Waals surface area contributed by atoms with Gasteiger partial charge in [0, 0.05) is 31.5 Å². The van der Waals surface area contributed by atoms with Crippen LogP contribution >= 0.6 is 12.2 Å². The van der Waals surface area contributed by atoms with E-state index in [0.717, 1.165) is 43.9 Å². The molecule has 1 aliphatic heterocycles. The number of piperidine rings is 1. The Morgan fingerprint density at radius 1 is 1.61 bits per heavy atom. The Kier molecular flexibility index (Phi) is 4.49. The van der Waals surface area contributed by atoms with Gasteiger partial charge in [0.15, 0.2) is 0 Å². The zero-order valence-electron chi connectivity index (χ0n) is 10.6. The number of aromatic nitrogens is 1. The maximum absolute atomic E-state index is 5.69. The second-order valence-electron chi connectivity index (χ2n) is 4.43. The molecule has 0 aliphatic carbocycles. The number of nitrogens with zero attached hydrogens (tertiary/aromatic N) is 2. The summed E-state index contributed by atoms with van der Waals surface area (Å²) >= 11 is 4.92. The molecule has 1 aromatic rings. The molecule has 1 atom stereocenters. The normalized spacial score (nSPS) is 19.8. The largest absolute Gasteiger partial charge is 0.389 e. The van der Waals surface area contributed by atoms with E-state index < -0.39 is 0 Å². The van der Waals surface area contributed by atoms with Gasteiger partial charge in [-0.1, -0.05) is 12.2 Å². The molecule has 1 aromatic heterocycles. The van der Waals surface area contributed by atoms with Crippen molar-refractivity contribution < 1.29 is 4.74 Å². The molecule has 1 unspecified atom stereocenters. The molecule has 0 saturated carbocycles. The summed E-state index contributed by atoms with van der Waals surface area (Å²) < 4.78 is 5.69. The first-order valence-electron chi connectivity index (χ1n) is 6.33. The zero-order chi connectivity index (χ0) is 13.0. The first-order chi connectivity index (χ1) is 8.70. The van der Waals surface area contributed by atoms with Crippen molar-refractivity contribution in [1.29, 1.82) is 0 Å². The third-order valence-electron chi connectivity index (χ3n) is 3.14. The number of anilines is 1. The van der Waals surface area contributed by atoms with Crippen LogP contribution in [0.3, 0.4) is 0 Å². The second-order valence-corrected chi connectivity index (χ2v) is 4.87. The molecule has 0 amide bonds. The summed E-state index contributed by atoms with van der Waals surface area (Å²) in [5.74, 6) is 0.972. The van der Waals surface area contributed by atoms with Gasteiger partial charge in [-0.05, 0) is 31.9 Å². The molecular weight excluding hydrogens is 246 g/mol. The molecule has 0 aromatic carbocycles.